The maximum absolute atomic E-state index is 13.2. The molecule has 0 saturated heterocycles. The second-order valence-electron chi connectivity index (χ2n) is 17.3. The van der Waals surface area contributed by atoms with Gasteiger partial charge in [-0.2, -0.15) is 0 Å². The Labute approximate surface area is 281 Å². The molecule has 0 bridgehead atoms. The van der Waals surface area contributed by atoms with E-state index in [-0.39, 0.29) is 46.2 Å². The molecule has 5 aliphatic carbocycles. The SMILES string of the molecule is C=C(C)[C@@H]1CC[C@]2(NC(=O)NCCC(=O)O)CC[C@]3(C)[C@H](CC[C@@H]4[C@@]5(C)CC=C(c6ccc(C(=O)O)cc6)C(C)(C)[C@@H]5CC[C@]43C)[C@@H]12. The number of carbonyl (C=O) groups excluding carboxylic acids is 1. The Morgan fingerprint density at radius 3 is 2.21 bits per heavy atom. The van der Waals surface area contributed by atoms with Gasteiger partial charge in [-0.1, -0.05) is 65.0 Å². The Hall–Kier alpha value is -3.09. The number of fused-ring (bicyclic) bond motifs is 7. The average molecular weight is 645 g/mol. The van der Waals surface area contributed by atoms with Crippen LogP contribution in [0.1, 0.15) is 122 Å². The van der Waals surface area contributed by atoms with Gasteiger partial charge in [0, 0.05) is 12.1 Å². The van der Waals surface area contributed by atoms with E-state index in [2.05, 4.69) is 64.8 Å². The van der Waals surface area contributed by atoms with Crippen molar-refractivity contribution >= 4 is 23.5 Å². The number of hydrogen-bond acceptors (Lipinski definition) is 3. The molecule has 5 aliphatic rings. The summed E-state index contributed by atoms with van der Waals surface area (Å²) in [6.07, 6.45) is 12.2. The molecule has 2 amide bonds. The summed E-state index contributed by atoms with van der Waals surface area (Å²) in [4.78, 5) is 35.8. The molecule has 1 aromatic carbocycles. The number of amides is 2. The minimum Gasteiger partial charge on any atom is -0.481 e. The highest BCUT2D eigenvalue weighted by Gasteiger charge is 2.70. The highest BCUT2D eigenvalue weighted by atomic mass is 16.4. The van der Waals surface area contributed by atoms with Gasteiger partial charge in [-0.05, 0) is 139 Å². The number of carbonyl (C=O) groups is 3. The number of nitrogens with one attached hydrogen (secondary N) is 2. The zero-order valence-corrected chi connectivity index (χ0v) is 29.4. The summed E-state index contributed by atoms with van der Waals surface area (Å²) in [7, 11) is 0. The minimum absolute atomic E-state index is 0.0348. The number of hydrogen-bond donors (Lipinski definition) is 4. The van der Waals surface area contributed by atoms with Gasteiger partial charge in [-0.25, -0.2) is 9.59 Å². The highest BCUT2D eigenvalue weighted by Crippen LogP contribution is 2.76. The van der Waals surface area contributed by atoms with Gasteiger partial charge < -0.3 is 20.8 Å². The standard InChI is InChI=1S/C40H56N2O5/c1-24(2)27-14-20-40(42-35(47)41-23-17-32(43)44)22-21-38(6)29(33(27)40)12-13-31-37(5)18-15-28(25-8-10-26(11-9-25)34(45)46)36(3,4)30(37)16-19-39(31,38)7/h8-11,15,27,29-31,33H,1,12-14,16-23H2,2-7H3,(H,43,44)(H,45,46)(H2,41,42,47)/t27-,29+,30-,31+,33+,37-,38+,39+,40-/m0/s1. The van der Waals surface area contributed by atoms with E-state index in [0.717, 1.165) is 44.1 Å². The van der Waals surface area contributed by atoms with Crippen molar-refractivity contribution in [2.75, 3.05) is 6.54 Å². The van der Waals surface area contributed by atoms with Gasteiger partial charge in [-0.3, -0.25) is 4.79 Å². The van der Waals surface area contributed by atoms with Crippen LogP contribution in [0.25, 0.3) is 5.57 Å². The topological polar surface area (TPSA) is 116 Å². The van der Waals surface area contributed by atoms with Crippen molar-refractivity contribution in [3.63, 3.8) is 0 Å². The fourth-order valence-corrected chi connectivity index (χ4v) is 12.8. The molecule has 6 rings (SSSR count). The molecule has 256 valence electrons. The van der Waals surface area contributed by atoms with E-state index in [0.29, 0.717) is 35.2 Å². The number of urea groups is 1. The summed E-state index contributed by atoms with van der Waals surface area (Å²) < 4.78 is 0. The first-order valence-corrected chi connectivity index (χ1v) is 18.0. The minimum atomic E-state index is -0.908. The summed E-state index contributed by atoms with van der Waals surface area (Å²) in [6.45, 7) is 19.4. The first-order chi connectivity index (χ1) is 22.0. The summed E-state index contributed by atoms with van der Waals surface area (Å²) in [5, 5.41) is 24.8. The maximum Gasteiger partial charge on any atom is 0.335 e. The van der Waals surface area contributed by atoms with Gasteiger partial charge in [0.25, 0.3) is 0 Å². The molecular weight excluding hydrogens is 588 g/mol. The highest BCUT2D eigenvalue weighted by molar-refractivity contribution is 5.88. The van der Waals surface area contributed by atoms with Crippen LogP contribution in [0.3, 0.4) is 0 Å². The summed E-state index contributed by atoms with van der Waals surface area (Å²) in [6, 6.07) is 7.23. The van der Waals surface area contributed by atoms with E-state index in [9.17, 15) is 19.5 Å². The van der Waals surface area contributed by atoms with E-state index in [4.69, 9.17) is 5.11 Å². The van der Waals surface area contributed by atoms with Crippen LogP contribution in [-0.4, -0.2) is 40.3 Å². The molecule has 0 spiro atoms. The molecule has 0 heterocycles. The van der Waals surface area contributed by atoms with Crippen LogP contribution in [0.4, 0.5) is 4.79 Å². The number of aromatic carboxylic acids is 1. The Balaban J connectivity index is 1.30. The quantitative estimate of drug-likeness (QED) is 0.222. The number of carboxylic acids is 2. The molecule has 47 heavy (non-hydrogen) atoms. The fourth-order valence-electron chi connectivity index (χ4n) is 12.8. The summed E-state index contributed by atoms with van der Waals surface area (Å²) in [5.74, 6) is 0.504. The van der Waals surface area contributed by atoms with Crippen molar-refractivity contribution in [1.82, 2.24) is 10.6 Å². The second-order valence-corrected chi connectivity index (χ2v) is 17.3. The van der Waals surface area contributed by atoms with Crippen molar-refractivity contribution < 1.29 is 24.6 Å². The van der Waals surface area contributed by atoms with Crippen LogP contribution < -0.4 is 10.6 Å². The number of benzene rings is 1. The fraction of sp³-hybridized carbons (Fsp3) is 0.675. The number of rotatable bonds is 7. The second kappa shape index (κ2) is 11.5. The predicted molar refractivity (Wildman–Crippen MR) is 185 cm³/mol. The van der Waals surface area contributed by atoms with Gasteiger partial charge in [-0.15, -0.1) is 0 Å². The third-order valence-electron chi connectivity index (χ3n) is 15.1. The number of carboxylic acid groups (broad SMARTS) is 2. The zero-order valence-electron chi connectivity index (χ0n) is 29.4. The van der Waals surface area contributed by atoms with Crippen molar-refractivity contribution in [1.29, 1.82) is 0 Å². The Morgan fingerprint density at radius 2 is 1.57 bits per heavy atom. The maximum atomic E-state index is 13.2. The molecule has 0 radical (unpaired) electrons. The zero-order chi connectivity index (χ0) is 34.2. The lowest BCUT2D eigenvalue weighted by Crippen LogP contribution is -2.68. The third kappa shape index (κ3) is 5.08. The molecular formula is C40H56N2O5. The van der Waals surface area contributed by atoms with Gasteiger partial charge in [0.05, 0.1) is 12.0 Å². The number of allylic oxidation sites excluding steroid dienone is 3. The van der Waals surface area contributed by atoms with Crippen LogP contribution >= 0.6 is 0 Å². The lowest BCUT2D eigenvalue weighted by Gasteiger charge is -2.72. The molecule has 4 fully saturated rings. The molecule has 0 aromatic heterocycles. The van der Waals surface area contributed by atoms with E-state index in [1.165, 1.54) is 30.4 Å². The van der Waals surface area contributed by atoms with E-state index >= 15 is 0 Å². The normalized spacial score (nSPS) is 40.0. The van der Waals surface area contributed by atoms with E-state index in [1.807, 2.05) is 12.1 Å². The molecule has 7 nitrogen and oxygen atoms in total. The smallest absolute Gasteiger partial charge is 0.335 e. The van der Waals surface area contributed by atoms with Crippen molar-refractivity contribution in [2.45, 2.75) is 111 Å². The monoisotopic (exact) mass is 644 g/mol. The predicted octanol–water partition coefficient (Wildman–Crippen LogP) is 8.56. The van der Waals surface area contributed by atoms with Crippen LogP contribution in [0.15, 0.2) is 42.5 Å². The molecule has 0 unspecified atom stereocenters. The molecule has 4 N–H and O–H groups in total. The molecule has 7 heteroatoms. The van der Waals surface area contributed by atoms with Gasteiger partial charge in [0.2, 0.25) is 0 Å². The van der Waals surface area contributed by atoms with Gasteiger partial charge in [0.15, 0.2) is 0 Å². The first kappa shape index (κ1) is 33.8. The summed E-state index contributed by atoms with van der Waals surface area (Å²) >= 11 is 0. The van der Waals surface area contributed by atoms with Crippen LogP contribution in [0, 0.1) is 51.2 Å². The third-order valence-corrected chi connectivity index (χ3v) is 15.1. The molecule has 9 atom stereocenters. The van der Waals surface area contributed by atoms with Gasteiger partial charge >= 0.3 is 18.0 Å². The van der Waals surface area contributed by atoms with Crippen LogP contribution in [0.5, 0.6) is 0 Å². The first-order valence-electron chi connectivity index (χ1n) is 18.0. The Morgan fingerprint density at radius 1 is 0.872 bits per heavy atom. The largest absolute Gasteiger partial charge is 0.481 e. The molecule has 0 aliphatic heterocycles. The Bertz CT molecular complexity index is 1500. The average Bonchev–Trinajstić information content (AvgIpc) is 3.36. The number of aliphatic carboxylic acids is 1. The Kier molecular flexibility index (Phi) is 8.28. The van der Waals surface area contributed by atoms with Crippen molar-refractivity contribution in [3.8, 4) is 0 Å². The summed E-state index contributed by atoms with van der Waals surface area (Å²) in [5.41, 5.74) is 4.19. The van der Waals surface area contributed by atoms with Crippen LogP contribution in [-0.2, 0) is 4.79 Å². The lowest BCUT2D eigenvalue weighted by molar-refractivity contribution is -0.218. The molecule has 4 saturated carbocycles. The van der Waals surface area contributed by atoms with E-state index in [1.54, 1.807) is 12.1 Å². The van der Waals surface area contributed by atoms with Crippen molar-refractivity contribution in [3.05, 3.63) is 53.6 Å². The van der Waals surface area contributed by atoms with E-state index < -0.39 is 11.9 Å². The lowest BCUT2D eigenvalue weighted by atomic mass is 9.33. The van der Waals surface area contributed by atoms with Crippen LogP contribution in [0.2, 0.25) is 0 Å². The molecule has 1 aromatic rings. The van der Waals surface area contributed by atoms with Gasteiger partial charge in [0.1, 0.15) is 0 Å². The van der Waals surface area contributed by atoms with Crippen molar-refractivity contribution in [2.24, 2.45) is 51.2 Å².